The van der Waals surface area contributed by atoms with Crippen molar-refractivity contribution in [1.29, 1.82) is 5.26 Å². The summed E-state index contributed by atoms with van der Waals surface area (Å²) in [6, 6.07) is 7.59. The summed E-state index contributed by atoms with van der Waals surface area (Å²) in [6.45, 7) is 8.70. The van der Waals surface area contributed by atoms with Crippen molar-refractivity contribution in [2.45, 2.75) is 57.9 Å². The molecule has 3 aromatic rings. The number of ether oxygens (including phenoxy) is 1. The number of nitriles is 1. The lowest BCUT2D eigenvalue weighted by Gasteiger charge is -2.34. The molecule has 2 N–H and O–H groups in total. The number of anilines is 1. The number of nitrogens with one attached hydrogen (secondary N) is 2. The van der Waals surface area contributed by atoms with Crippen molar-refractivity contribution in [1.82, 2.24) is 35.3 Å². The molecule has 10 nitrogen and oxygen atoms in total. The lowest BCUT2D eigenvalue weighted by atomic mass is 10.0. The first kappa shape index (κ1) is 24.1. The number of aromatic amines is 1. The Labute approximate surface area is 217 Å². The molecular weight excluding hydrogens is 466 g/mol. The van der Waals surface area contributed by atoms with Crippen LogP contribution in [0.3, 0.4) is 0 Å². The Kier molecular flexibility index (Phi) is 6.67. The number of benzene rings is 1. The topological polar surface area (TPSA) is 109 Å². The molecule has 194 valence electrons. The van der Waals surface area contributed by atoms with Gasteiger partial charge in [0.1, 0.15) is 12.4 Å². The number of likely N-dealkylation sites (N-methyl/N-ethyl adjacent to an activating group) is 1. The molecule has 1 aromatic carbocycles. The van der Waals surface area contributed by atoms with Crippen LogP contribution < -0.4 is 15.0 Å². The molecule has 6 rings (SSSR count). The van der Waals surface area contributed by atoms with E-state index in [2.05, 4.69) is 62.4 Å². The Morgan fingerprint density at radius 1 is 1.22 bits per heavy atom. The third-order valence-electron chi connectivity index (χ3n) is 8.13. The molecule has 2 unspecified atom stereocenters. The minimum atomic E-state index is 0.139. The monoisotopic (exact) mass is 501 g/mol. The van der Waals surface area contributed by atoms with E-state index in [9.17, 15) is 5.26 Å². The number of aryl methyl sites for hydroxylation is 1. The average molecular weight is 502 g/mol. The van der Waals surface area contributed by atoms with Crippen LogP contribution in [0.15, 0.2) is 18.3 Å². The highest BCUT2D eigenvalue weighted by atomic mass is 16.5. The number of nitrogens with zero attached hydrogens (tertiary/aromatic N) is 7. The summed E-state index contributed by atoms with van der Waals surface area (Å²) >= 11 is 0. The molecule has 2 aromatic heterocycles. The maximum Gasteiger partial charge on any atom is 0.318 e. The van der Waals surface area contributed by atoms with E-state index < -0.39 is 0 Å². The number of fused-ring (bicyclic) bond motifs is 2. The quantitative estimate of drug-likeness (QED) is 0.504. The van der Waals surface area contributed by atoms with Gasteiger partial charge in [-0.1, -0.05) is 6.07 Å². The molecule has 37 heavy (non-hydrogen) atoms. The van der Waals surface area contributed by atoms with E-state index in [1.165, 1.54) is 28.5 Å². The molecule has 2 fully saturated rings. The normalized spacial score (nSPS) is 22.5. The highest BCUT2D eigenvalue weighted by Crippen LogP contribution is 2.34. The van der Waals surface area contributed by atoms with Crippen molar-refractivity contribution < 1.29 is 4.74 Å². The second-order valence-electron chi connectivity index (χ2n) is 10.6. The second-order valence-corrected chi connectivity index (χ2v) is 10.6. The first-order valence-corrected chi connectivity index (χ1v) is 13.3. The van der Waals surface area contributed by atoms with Crippen molar-refractivity contribution >= 4 is 16.7 Å². The maximum absolute atomic E-state index is 9.25. The fourth-order valence-corrected chi connectivity index (χ4v) is 5.96. The molecule has 5 heterocycles. The number of hydrogen-bond acceptors (Lipinski definition) is 9. The number of rotatable bonds is 7. The van der Waals surface area contributed by atoms with Gasteiger partial charge in [-0.05, 0) is 50.6 Å². The van der Waals surface area contributed by atoms with E-state index in [-0.39, 0.29) is 6.04 Å². The summed E-state index contributed by atoms with van der Waals surface area (Å²) in [6.07, 6.45) is 4.77. The van der Waals surface area contributed by atoms with E-state index in [0.29, 0.717) is 25.1 Å². The maximum atomic E-state index is 9.25. The summed E-state index contributed by atoms with van der Waals surface area (Å²) in [5.41, 5.74) is 5.86. The van der Waals surface area contributed by atoms with Crippen LogP contribution >= 0.6 is 0 Å². The summed E-state index contributed by atoms with van der Waals surface area (Å²) in [7, 11) is 2.16. The summed E-state index contributed by atoms with van der Waals surface area (Å²) < 4.78 is 6.22. The SMILES string of the molecule is Cc1ccc2[nH]ncc2c1CN1Cc2nc(OCC3CCCN3C)nc(N3CCNC(CC#N)C3)c2C1. The van der Waals surface area contributed by atoms with Crippen molar-refractivity contribution in [2.75, 3.05) is 44.7 Å². The second kappa shape index (κ2) is 10.2. The van der Waals surface area contributed by atoms with Gasteiger partial charge in [-0.25, -0.2) is 0 Å². The smallest absolute Gasteiger partial charge is 0.318 e. The van der Waals surface area contributed by atoms with Crippen LogP contribution in [0, 0.1) is 18.3 Å². The lowest BCUT2D eigenvalue weighted by Crippen LogP contribution is -2.51. The van der Waals surface area contributed by atoms with Crippen LogP contribution in [0.2, 0.25) is 0 Å². The van der Waals surface area contributed by atoms with Crippen LogP contribution in [0.25, 0.3) is 10.9 Å². The molecule has 0 spiro atoms. The molecule has 10 heteroatoms. The Morgan fingerprint density at radius 3 is 2.97 bits per heavy atom. The Bertz CT molecular complexity index is 1320. The number of H-pyrrole nitrogens is 1. The first-order valence-electron chi connectivity index (χ1n) is 13.3. The van der Waals surface area contributed by atoms with Gasteiger partial charge in [-0.3, -0.25) is 10.00 Å². The summed E-state index contributed by atoms with van der Waals surface area (Å²) in [4.78, 5) is 17.0. The Morgan fingerprint density at radius 2 is 2.14 bits per heavy atom. The number of piperazine rings is 1. The van der Waals surface area contributed by atoms with E-state index in [1.807, 2.05) is 6.20 Å². The highest BCUT2D eigenvalue weighted by Gasteiger charge is 2.31. The molecule has 0 radical (unpaired) electrons. The molecular formula is C27H35N9O. The molecule has 0 saturated carbocycles. The van der Waals surface area contributed by atoms with Crippen molar-refractivity contribution in [2.24, 2.45) is 0 Å². The zero-order valence-corrected chi connectivity index (χ0v) is 21.7. The summed E-state index contributed by atoms with van der Waals surface area (Å²) in [5.74, 6) is 0.963. The van der Waals surface area contributed by atoms with Crippen LogP contribution in [0.5, 0.6) is 6.01 Å². The predicted molar refractivity (Wildman–Crippen MR) is 141 cm³/mol. The zero-order valence-electron chi connectivity index (χ0n) is 21.7. The molecule has 3 aliphatic rings. The van der Waals surface area contributed by atoms with E-state index in [0.717, 1.165) is 69.3 Å². The van der Waals surface area contributed by atoms with E-state index >= 15 is 0 Å². The molecule has 0 bridgehead atoms. The lowest BCUT2D eigenvalue weighted by molar-refractivity contribution is 0.187. The first-order chi connectivity index (χ1) is 18.1. The van der Waals surface area contributed by atoms with Gasteiger partial charge in [0.05, 0.1) is 29.9 Å². The molecule has 2 saturated heterocycles. The molecule has 2 atom stereocenters. The van der Waals surface area contributed by atoms with Gasteiger partial charge in [0.15, 0.2) is 0 Å². The number of hydrogen-bond donors (Lipinski definition) is 2. The third kappa shape index (κ3) is 4.87. The molecule has 3 aliphatic heterocycles. The molecule has 0 aliphatic carbocycles. The van der Waals surface area contributed by atoms with Gasteiger partial charge in [-0.2, -0.15) is 20.3 Å². The van der Waals surface area contributed by atoms with Gasteiger partial charge < -0.3 is 19.9 Å². The van der Waals surface area contributed by atoms with Crippen molar-refractivity contribution in [3.8, 4) is 12.1 Å². The fraction of sp³-hybridized carbons (Fsp3) is 0.556. The Balaban J connectivity index is 1.27. The van der Waals surface area contributed by atoms with Crippen LogP contribution in [-0.4, -0.2) is 81.9 Å². The predicted octanol–water partition coefficient (Wildman–Crippen LogP) is 2.34. The average Bonchev–Trinajstić information content (AvgIpc) is 3.64. The minimum absolute atomic E-state index is 0.139. The standard InChI is InChI=1S/C27H35N9O/c1-18-5-6-24-21(12-30-33-24)22(18)14-35-15-23-25(16-35)31-27(37-17-20-4-3-10-34(20)2)32-26(23)36-11-9-29-19(13-36)7-8-28/h5-6,12,19-20,29H,3-4,7,9-11,13-17H2,1-2H3,(H,30,33). The highest BCUT2D eigenvalue weighted by molar-refractivity contribution is 5.82. The van der Waals surface area contributed by atoms with Gasteiger partial charge in [0.2, 0.25) is 0 Å². The zero-order chi connectivity index (χ0) is 25.4. The van der Waals surface area contributed by atoms with Crippen LogP contribution in [-0.2, 0) is 19.6 Å². The minimum Gasteiger partial charge on any atom is -0.462 e. The van der Waals surface area contributed by atoms with Crippen molar-refractivity contribution in [3.63, 3.8) is 0 Å². The van der Waals surface area contributed by atoms with Gasteiger partial charge >= 0.3 is 6.01 Å². The third-order valence-corrected chi connectivity index (χ3v) is 8.13. The van der Waals surface area contributed by atoms with Crippen LogP contribution in [0.4, 0.5) is 5.82 Å². The van der Waals surface area contributed by atoms with Gasteiger partial charge in [0, 0.05) is 62.3 Å². The summed E-state index contributed by atoms with van der Waals surface area (Å²) in [5, 5.41) is 21.3. The number of likely N-dealkylation sites (tertiary alicyclic amines) is 1. The fourth-order valence-electron chi connectivity index (χ4n) is 5.96. The van der Waals surface area contributed by atoms with Crippen LogP contribution in [0.1, 0.15) is 41.6 Å². The van der Waals surface area contributed by atoms with E-state index in [1.54, 1.807) is 0 Å². The largest absolute Gasteiger partial charge is 0.462 e. The van der Waals surface area contributed by atoms with Gasteiger partial charge in [-0.15, -0.1) is 0 Å². The van der Waals surface area contributed by atoms with Crippen molar-refractivity contribution in [3.05, 3.63) is 40.7 Å². The Hall–Kier alpha value is -3.26. The number of aromatic nitrogens is 4. The molecule has 0 amide bonds. The van der Waals surface area contributed by atoms with Gasteiger partial charge in [0.25, 0.3) is 0 Å². The van der Waals surface area contributed by atoms with E-state index in [4.69, 9.17) is 14.7 Å².